The molecule has 0 saturated carbocycles. The summed E-state index contributed by atoms with van der Waals surface area (Å²) in [6, 6.07) is 4.57. The fraction of sp³-hybridized carbons (Fsp3) is 0.529. The molecule has 1 aliphatic rings. The molecule has 4 heteroatoms. The molecule has 1 fully saturated rings. The van der Waals surface area contributed by atoms with Crippen LogP contribution in [0.1, 0.15) is 39.7 Å². The van der Waals surface area contributed by atoms with Gasteiger partial charge >= 0.3 is 0 Å². The molecule has 21 heavy (non-hydrogen) atoms. The molecule has 0 bridgehead atoms. The minimum Gasteiger partial charge on any atom is -0.487 e. The minimum atomic E-state index is -0.454. The lowest BCUT2D eigenvalue weighted by Gasteiger charge is -2.27. The van der Waals surface area contributed by atoms with Gasteiger partial charge in [-0.15, -0.1) is 0 Å². The second-order valence-corrected chi connectivity index (χ2v) is 6.38. The molecule has 1 unspecified atom stereocenters. The lowest BCUT2D eigenvalue weighted by Crippen LogP contribution is -2.36. The highest BCUT2D eigenvalue weighted by Gasteiger charge is 2.47. The summed E-state index contributed by atoms with van der Waals surface area (Å²) in [4.78, 5) is 0. The first kappa shape index (κ1) is 15.8. The predicted octanol–water partition coefficient (Wildman–Crippen LogP) is 2.89. The van der Waals surface area contributed by atoms with Gasteiger partial charge in [-0.3, -0.25) is 0 Å². The second-order valence-electron chi connectivity index (χ2n) is 6.38. The number of benzene rings is 1. The first-order chi connectivity index (χ1) is 9.73. The van der Waals surface area contributed by atoms with Crippen LogP contribution in [-0.4, -0.2) is 29.0 Å². The third-order valence-corrected chi connectivity index (χ3v) is 3.51. The highest BCUT2D eigenvalue weighted by molar-refractivity contribution is 5.40. The summed E-state index contributed by atoms with van der Waals surface area (Å²) < 4.78 is 25.8. The van der Waals surface area contributed by atoms with Gasteiger partial charge in [0.25, 0.3) is 0 Å². The zero-order valence-electron chi connectivity index (χ0n) is 12.9. The quantitative estimate of drug-likeness (QED) is 0.852. The highest BCUT2D eigenvalue weighted by atomic mass is 19.1. The van der Waals surface area contributed by atoms with Crippen molar-refractivity contribution < 1.29 is 19.0 Å². The lowest BCUT2D eigenvalue weighted by atomic mass is 9.97. The van der Waals surface area contributed by atoms with E-state index in [1.807, 2.05) is 27.7 Å². The second kappa shape index (κ2) is 5.67. The maximum Gasteiger partial charge on any atom is 0.142 e. The van der Waals surface area contributed by atoms with E-state index in [4.69, 9.17) is 14.6 Å². The Hall–Kier alpha value is -1.57. The Kier molecular flexibility index (Phi) is 4.27. The summed E-state index contributed by atoms with van der Waals surface area (Å²) >= 11 is 0. The first-order valence-corrected chi connectivity index (χ1v) is 7.00. The molecule has 0 radical (unpaired) electrons. The van der Waals surface area contributed by atoms with Crippen LogP contribution >= 0.6 is 0 Å². The fourth-order valence-corrected chi connectivity index (χ4v) is 2.66. The van der Waals surface area contributed by atoms with Gasteiger partial charge in [0, 0.05) is 12.5 Å². The summed E-state index contributed by atoms with van der Waals surface area (Å²) in [5.41, 5.74) is -0.423. The normalized spacial score (nSPS) is 22.5. The van der Waals surface area contributed by atoms with Crippen LogP contribution in [0.3, 0.4) is 0 Å². The van der Waals surface area contributed by atoms with Crippen molar-refractivity contribution in [3.8, 4) is 17.6 Å². The number of rotatable bonds is 2. The minimum absolute atomic E-state index is 0.138. The van der Waals surface area contributed by atoms with Crippen LogP contribution in [0.2, 0.25) is 0 Å². The summed E-state index contributed by atoms with van der Waals surface area (Å²) in [6.07, 6.45) is 0.606. The SMILES string of the molecule is CC1(C)CC(Oc2ccc(C#CCO)c(F)c2)C(C)(C)O1. The first-order valence-electron chi connectivity index (χ1n) is 7.00. The molecule has 1 atom stereocenters. The van der Waals surface area contributed by atoms with Crippen molar-refractivity contribution in [1.29, 1.82) is 0 Å². The average Bonchev–Trinajstić information content (AvgIpc) is 2.56. The van der Waals surface area contributed by atoms with E-state index in [0.29, 0.717) is 5.75 Å². The summed E-state index contributed by atoms with van der Waals surface area (Å²) in [5, 5.41) is 8.63. The molecule has 1 heterocycles. The molecule has 0 aliphatic carbocycles. The highest BCUT2D eigenvalue weighted by Crippen LogP contribution is 2.39. The summed E-state index contributed by atoms with van der Waals surface area (Å²) in [5.74, 6) is 4.99. The Morgan fingerprint density at radius 1 is 1.38 bits per heavy atom. The van der Waals surface area contributed by atoms with E-state index in [-0.39, 0.29) is 23.9 Å². The van der Waals surface area contributed by atoms with Crippen LogP contribution in [0.15, 0.2) is 18.2 Å². The molecule has 114 valence electrons. The van der Waals surface area contributed by atoms with Crippen molar-refractivity contribution in [3.63, 3.8) is 0 Å². The third kappa shape index (κ3) is 3.75. The smallest absolute Gasteiger partial charge is 0.142 e. The van der Waals surface area contributed by atoms with Gasteiger partial charge in [-0.05, 0) is 39.8 Å². The van der Waals surface area contributed by atoms with E-state index >= 15 is 0 Å². The molecule has 1 N–H and O–H groups in total. The van der Waals surface area contributed by atoms with Crippen LogP contribution in [0.25, 0.3) is 0 Å². The number of halogens is 1. The van der Waals surface area contributed by atoms with Gasteiger partial charge < -0.3 is 14.6 Å². The summed E-state index contributed by atoms with van der Waals surface area (Å²) in [7, 11) is 0. The van der Waals surface area contributed by atoms with E-state index in [0.717, 1.165) is 6.42 Å². The van der Waals surface area contributed by atoms with Gasteiger partial charge in [-0.1, -0.05) is 11.8 Å². The molecular weight excluding hydrogens is 271 g/mol. The van der Waals surface area contributed by atoms with E-state index in [1.165, 1.54) is 6.07 Å². The zero-order chi connectivity index (χ0) is 15.7. The van der Waals surface area contributed by atoms with Crippen molar-refractivity contribution in [2.75, 3.05) is 6.61 Å². The lowest BCUT2D eigenvalue weighted by molar-refractivity contribution is -0.0846. The average molecular weight is 292 g/mol. The molecule has 1 aromatic rings. The van der Waals surface area contributed by atoms with Gasteiger partial charge in [-0.25, -0.2) is 4.39 Å². The predicted molar refractivity (Wildman–Crippen MR) is 78.6 cm³/mol. The molecular formula is C17H21FO3. The largest absolute Gasteiger partial charge is 0.487 e. The maximum atomic E-state index is 13.9. The molecule has 3 nitrogen and oxygen atoms in total. The summed E-state index contributed by atoms with van der Waals surface area (Å²) in [6.45, 7) is 7.70. The number of ether oxygens (including phenoxy) is 2. The van der Waals surface area contributed by atoms with Crippen LogP contribution in [0, 0.1) is 17.7 Å². The van der Waals surface area contributed by atoms with E-state index in [1.54, 1.807) is 12.1 Å². The molecule has 1 saturated heterocycles. The molecule has 0 spiro atoms. The Balaban J connectivity index is 2.16. The maximum absolute atomic E-state index is 13.9. The van der Waals surface area contributed by atoms with Crippen molar-refractivity contribution in [1.82, 2.24) is 0 Å². The Bertz CT molecular complexity index is 581. The van der Waals surface area contributed by atoms with Crippen molar-refractivity contribution >= 4 is 0 Å². The van der Waals surface area contributed by atoms with Crippen LogP contribution < -0.4 is 4.74 Å². The standard InChI is InChI=1S/C17H21FO3/c1-16(2)11-15(17(3,4)21-16)20-13-8-7-12(6-5-9-19)14(18)10-13/h7-8,10,15,19H,9,11H2,1-4H3. The van der Waals surface area contributed by atoms with E-state index < -0.39 is 11.4 Å². The van der Waals surface area contributed by atoms with Gasteiger partial charge in [-0.2, -0.15) is 0 Å². The number of aliphatic hydroxyl groups excluding tert-OH is 1. The number of hydrogen-bond donors (Lipinski definition) is 1. The molecule has 2 rings (SSSR count). The molecule has 1 aliphatic heterocycles. The molecule has 0 aromatic heterocycles. The van der Waals surface area contributed by atoms with Crippen molar-refractivity contribution in [3.05, 3.63) is 29.6 Å². The Morgan fingerprint density at radius 2 is 2.10 bits per heavy atom. The van der Waals surface area contributed by atoms with Crippen LogP contribution in [0.4, 0.5) is 4.39 Å². The number of aliphatic hydroxyl groups is 1. The van der Waals surface area contributed by atoms with E-state index in [2.05, 4.69) is 11.8 Å². The van der Waals surface area contributed by atoms with Gasteiger partial charge in [0.2, 0.25) is 0 Å². The monoisotopic (exact) mass is 292 g/mol. The van der Waals surface area contributed by atoms with E-state index in [9.17, 15) is 4.39 Å². The Labute approximate surface area is 125 Å². The third-order valence-electron chi connectivity index (χ3n) is 3.51. The zero-order valence-corrected chi connectivity index (χ0v) is 12.9. The van der Waals surface area contributed by atoms with Crippen molar-refractivity contribution in [2.24, 2.45) is 0 Å². The topological polar surface area (TPSA) is 38.7 Å². The molecule has 1 aromatic carbocycles. The van der Waals surface area contributed by atoms with Crippen LogP contribution in [-0.2, 0) is 4.74 Å². The Morgan fingerprint density at radius 3 is 2.62 bits per heavy atom. The van der Waals surface area contributed by atoms with Crippen LogP contribution in [0.5, 0.6) is 5.75 Å². The van der Waals surface area contributed by atoms with Gasteiger partial charge in [0.1, 0.15) is 29.9 Å². The fourth-order valence-electron chi connectivity index (χ4n) is 2.66. The molecule has 0 amide bonds. The van der Waals surface area contributed by atoms with Gasteiger partial charge in [0.05, 0.1) is 11.2 Å². The van der Waals surface area contributed by atoms with Gasteiger partial charge in [0.15, 0.2) is 0 Å². The number of hydrogen-bond acceptors (Lipinski definition) is 3. The van der Waals surface area contributed by atoms with Crippen molar-refractivity contribution in [2.45, 2.75) is 51.4 Å².